The minimum Gasteiger partial charge on any atom is -0.367 e. The number of halogens is 5. The number of hydrogen-bond acceptors (Lipinski definition) is 6. The summed E-state index contributed by atoms with van der Waals surface area (Å²) in [7, 11) is 0. The molecule has 9 nitrogen and oxygen atoms in total. The fourth-order valence-electron chi connectivity index (χ4n) is 3.53. The molecule has 14 heteroatoms. The van der Waals surface area contributed by atoms with Gasteiger partial charge in [-0.2, -0.15) is 13.2 Å². The molecule has 1 aromatic heterocycles. The van der Waals surface area contributed by atoms with Gasteiger partial charge in [-0.3, -0.25) is 14.9 Å². The number of amides is 1. The summed E-state index contributed by atoms with van der Waals surface area (Å²) in [5.41, 5.74) is -0.221. The van der Waals surface area contributed by atoms with E-state index < -0.39 is 22.6 Å². The van der Waals surface area contributed by atoms with Gasteiger partial charge in [0.1, 0.15) is 0 Å². The van der Waals surface area contributed by atoms with Crippen molar-refractivity contribution < 1.29 is 22.9 Å². The van der Waals surface area contributed by atoms with Crippen molar-refractivity contribution in [1.82, 2.24) is 19.9 Å². The van der Waals surface area contributed by atoms with Crippen molar-refractivity contribution in [3.63, 3.8) is 0 Å². The van der Waals surface area contributed by atoms with Crippen molar-refractivity contribution in [2.45, 2.75) is 6.18 Å². The lowest BCUT2D eigenvalue weighted by atomic mass is 10.2. The van der Waals surface area contributed by atoms with Crippen LogP contribution in [0.5, 0.6) is 0 Å². The molecule has 1 amide bonds. The van der Waals surface area contributed by atoms with Crippen LogP contribution in [-0.2, 0) is 6.18 Å². The zero-order valence-electron chi connectivity index (χ0n) is 17.2. The third-order valence-electron chi connectivity index (χ3n) is 5.28. The van der Waals surface area contributed by atoms with E-state index in [2.05, 4.69) is 10.3 Å². The monoisotopic (exact) mass is 514 g/mol. The number of aromatic nitrogens is 3. The van der Waals surface area contributed by atoms with Gasteiger partial charge in [-0.05, 0) is 24.3 Å². The molecule has 0 aliphatic carbocycles. The summed E-state index contributed by atoms with van der Waals surface area (Å²) in [6.07, 6.45) is -3.23. The van der Waals surface area contributed by atoms with Crippen molar-refractivity contribution in [3.8, 4) is 5.69 Å². The van der Waals surface area contributed by atoms with Crippen molar-refractivity contribution in [2.75, 3.05) is 31.1 Å². The Hall–Kier alpha value is -3.38. The van der Waals surface area contributed by atoms with E-state index in [9.17, 15) is 28.1 Å². The maximum atomic E-state index is 12.9. The lowest BCUT2D eigenvalue weighted by molar-refractivity contribution is -0.384. The van der Waals surface area contributed by atoms with Crippen molar-refractivity contribution in [1.29, 1.82) is 0 Å². The van der Waals surface area contributed by atoms with Gasteiger partial charge < -0.3 is 9.80 Å². The van der Waals surface area contributed by atoms with Crippen LogP contribution in [-0.4, -0.2) is 56.9 Å². The molecule has 0 N–H and O–H groups in total. The molecular weight excluding hydrogens is 500 g/mol. The predicted octanol–water partition coefficient (Wildman–Crippen LogP) is 4.46. The molecular formula is C20H15Cl2F3N6O3. The van der Waals surface area contributed by atoms with Gasteiger partial charge in [-0.1, -0.05) is 28.4 Å². The maximum absolute atomic E-state index is 12.9. The molecule has 2 aromatic carbocycles. The largest absolute Gasteiger partial charge is 0.416 e. The lowest BCUT2D eigenvalue weighted by Crippen LogP contribution is -2.49. The van der Waals surface area contributed by atoms with Crippen LogP contribution < -0.4 is 4.90 Å². The highest BCUT2D eigenvalue weighted by molar-refractivity contribution is 6.33. The summed E-state index contributed by atoms with van der Waals surface area (Å²) in [5.74, 6) is -0.399. The fourth-order valence-corrected chi connectivity index (χ4v) is 4.09. The summed E-state index contributed by atoms with van der Waals surface area (Å²) in [6.45, 7) is 1.53. The third-order valence-corrected chi connectivity index (χ3v) is 5.89. The number of non-ortho nitro benzene ring substituents is 1. The van der Waals surface area contributed by atoms with E-state index in [1.165, 1.54) is 18.3 Å². The maximum Gasteiger partial charge on any atom is 0.416 e. The average Bonchev–Trinajstić information content (AvgIpc) is 3.28. The smallest absolute Gasteiger partial charge is 0.367 e. The summed E-state index contributed by atoms with van der Waals surface area (Å²) >= 11 is 12.2. The first kappa shape index (κ1) is 23.8. The summed E-state index contributed by atoms with van der Waals surface area (Å²) in [6, 6.07) is 7.01. The first-order valence-corrected chi connectivity index (χ1v) is 10.6. The highest BCUT2D eigenvalue weighted by atomic mass is 35.5. The molecule has 4 rings (SSSR count). The highest BCUT2D eigenvalue weighted by Crippen LogP contribution is 2.33. The van der Waals surface area contributed by atoms with Gasteiger partial charge in [-0.25, -0.2) is 4.68 Å². The number of nitro benzene ring substituents is 1. The number of rotatable bonds is 4. The van der Waals surface area contributed by atoms with Gasteiger partial charge in [0.2, 0.25) is 0 Å². The second-order valence-corrected chi connectivity index (χ2v) is 8.20. The fraction of sp³-hybridized carbons (Fsp3) is 0.250. The Morgan fingerprint density at radius 2 is 1.65 bits per heavy atom. The second kappa shape index (κ2) is 9.11. The lowest BCUT2D eigenvalue weighted by Gasteiger charge is -2.36. The number of nitro groups is 1. The average molecular weight is 515 g/mol. The van der Waals surface area contributed by atoms with Crippen LogP contribution in [0.1, 0.15) is 16.1 Å². The third kappa shape index (κ3) is 4.77. The normalized spacial score (nSPS) is 14.4. The Kier molecular flexibility index (Phi) is 6.36. The first-order valence-electron chi connectivity index (χ1n) is 9.82. The first-order chi connectivity index (χ1) is 16.0. The standard InChI is InChI=1S/C20H15Cl2F3N6O3/c21-14-9-12(20(23,24)25)1-3-18(14)30-11-16(26-27-30)19(32)29-7-5-28(6-8-29)17-4-2-13(31(33)34)10-15(17)22/h1-4,9-11H,5-8H2. The van der Waals surface area contributed by atoms with E-state index in [-0.39, 0.29) is 27.1 Å². The summed E-state index contributed by atoms with van der Waals surface area (Å²) < 4.78 is 39.7. The molecule has 0 atom stereocenters. The van der Waals surface area contributed by atoms with Gasteiger partial charge >= 0.3 is 6.18 Å². The molecule has 3 aromatic rings. The SMILES string of the molecule is O=C(c1cn(-c2ccc(C(F)(F)F)cc2Cl)nn1)N1CCN(c2ccc([N+](=O)[O-])cc2Cl)CC1. The molecule has 178 valence electrons. The highest BCUT2D eigenvalue weighted by Gasteiger charge is 2.31. The summed E-state index contributed by atoms with van der Waals surface area (Å²) in [5, 5.41) is 18.6. The van der Waals surface area contributed by atoms with Crippen molar-refractivity contribution in [3.05, 3.63) is 74.0 Å². The van der Waals surface area contributed by atoms with Crippen molar-refractivity contribution >= 4 is 40.5 Å². The number of nitrogens with zero attached hydrogens (tertiary/aromatic N) is 6. The molecule has 1 saturated heterocycles. The number of hydrogen-bond donors (Lipinski definition) is 0. The van der Waals surface area contributed by atoms with Crippen LogP contribution in [0, 0.1) is 10.1 Å². The predicted molar refractivity (Wildman–Crippen MR) is 118 cm³/mol. The summed E-state index contributed by atoms with van der Waals surface area (Å²) in [4.78, 5) is 26.7. The van der Waals surface area contributed by atoms with E-state index in [4.69, 9.17) is 23.2 Å². The van der Waals surface area contributed by atoms with E-state index in [0.29, 0.717) is 31.9 Å². The Balaban J connectivity index is 1.43. The number of anilines is 1. The molecule has 2 heterocycles. The van der Waals surface area contributed by atoms with Crippen LogP contribution in [0.4, 0.5) is 24.5 Å². The van der Waals surface area contributed by atoms with Gasteiger partial charge in [0.05, 0.1) is 38.1 Å². The molecule has 0 spiro atoms. The van der Waals surface area contributed by atoms with E-state index >= 15 is 0 Å². The number of alkyl halides is 3. The van der Waals surface area contributed by atoms with E-state index in [1.807, 2.05) is 4.90 Å². The number of piperazine rings is 1. The second-order valence-electron chi connectivity index (χ2n) is 7.38. The molecule has 0 saturated carbocycles. The van der Waals surface area contributed by atoms with Crippen LogP contribution in [0.15, 0.2) is 42.6 Å². The molecule has 1 aliphatic rings. The minimum absolute atomic E-state index is 0.0118. The van der Waals surface area contributed by atoms with Crippen LogP contribution in [0.2, 0.25) is 10.0 Å². The number of benzene rings is 2. The van der Waals surface area contributed by atoms with Crippen LogP contribution in [0.3, 0.4) is 0 Å². The van der Waals surface area contributed by atoms with Gasteiger partial charge in [0.15, 0.2) is 5.69 Å². The molecule has 0 unspecified atom stereocenters. The molecule has 0 bridgehead atoms. The Morgan fingerprint density at radius 1 is 1.00 bits per heavy atom. The molecule has 1 aliphatic heterocycles. The van der Waals surface area contributed by atoms with Gasteiger partial charge in [-0.15, -0.1) is 5.10 Å². The molecule has 0 radical (unpaired) electrons. The van der Waals surface area contributed by atoms with Crippen molar-refractivity contribution in [2.24, 2.45) is 0 Å². The topological polar surface area (TPSA) is 97.4 Å². The zero-order chi connectivity index (χ0) is 24.6. The number of carbonyl (C=O) groups is 1. The molecule has 1 fully saturated rings. The van der Waals surface area contributed by atoms with Gasteiger partial charge in [0, 0.05) is 38.3 Å². The Bertz CT molecular complexity index is 1260. The quantitative estimate of drug-likeness (QED) is 0.376. The van der Waals surface area contributed by atoms with Gasteiger partial charge in [0.25, 0.3) is 11.6 Å². The number of carbonyl (C=O) groups excluding carboxylic acids is 1. The van der Waals surface area contributed by atoms with E-state index in [1.54, 1.807) is 11.0 Å². The van der Waals surface area contributed by atoms with Crippen LogP contribution >= 0.6 is 23.2 Å². The molecule has 34 heavy (non-hydrogen) atoms. The van der Waals surface area contributed by atoms with E-state index in [0.717, 1.165) is 22.9 Å². The minimum atomic E-state index is -4.54. The Labute approximate surface area is 200 Å². The zero-order valence-corrected chi connectivity index (χ0v) is 18.7. The van der Waals surface area contributed by atoms with Crippen LogP contribution in [0.25, 0.3) is 5.69 Å². The Morgan fingerprint density at radius 3 is 2.24 bits per heavy atom.